The van der Waals surface area contributed by atoms with Gasteiger partial charge in [-0.1, -0.05) is 0 Å². The van der Waals surface area contributed by atoms with Gasteiger partial charge in [-0.3, -0.25) is 0 Å². The Morgan fingerprint density at radius 3 is 1.14 bits per heavy atom. The molecule has 0 aliphatic rings. The van der Waals surface area contributed by atoms with Crippen molar-refractivity contribution in [1.29, 1.82) is 0 Å². The van der Waals surface area contributed by atoms with Crippen LogP contribution in [0.15, 0.2) is 0 Å². The first-order valence-corrected chi connectivity index (χ1v) is 4.06. The minimum atomic E-state index is -0.856. The molecule has 0 aromatic carbocycles. The molecule has 0 saturated heterocycles. The van der Waals surface area contributed by atoms with E-state index in [-0.39, 0.29) is 37.7 Å². The number of carbonyl (C=O) groups is 1. The fourth-order valence-corrected chi connectivity index (χ4v) is 0. The number of nitrogens with one attached hydrogen (secondary N) is 2. The average Bonchev–Trinajstić information content (AvgIpc) is 1.84. The summed E-state index contributed by atoms with van der Waals surface area (Å²) in [5, 5.41) is 1.81. The maximum Gasteiger partial charge on any atom is 2.00 e. The monoisotopic (exact) mass is 226 g/mol. The van der Waals surface area contributed by atoms with Gasteiger partial charge in [-0.2, -0.15) is 41.5 Å². The zero-order valence-electron chi connectivity index (χ0n) is 10.3. The third-order valence-corrected chi connectivity index (χ3v) is 0.161. The summed E-state index contributed by atoms with van der Waals surface area (Å²) < 4.78 is 0. The molecule has 2 N–H and O–H groups in total. The van der Waals surface area contributed by atoms with Crippen LogP contribution in [0.4, 0.5) is 4.79 Å². The third kappa shape index (κ3) is 260. The zero-order chi connectivity index (χ0) is 11.4. The van der Waals surface area contributed by atoms with E-state index in [1.807, 2.05) is 0 Å². The number of hydrogen-bond acceptors (Lipinski definition) is 1. The molecule has 0 saturated carbocycles. The van der Waals surface area contributed by atoms with Gasteiger partial charge in [0.05, 0.1) is 0 Å². The van der Waals surface area contributed by atoms with Crippen LogP contribution in [0.3, 0.4) is 0 Å². The van der Waals surface area contributed by atoms with Gasteiger partial charge in [0.15, 0.2) is 0 Å². The zero-order valence-corrected chi connectivity index (χ0v) is 12.5. The van der Waals surface area contributed by atoms with Crippen molar-refractivity contribution < 1.29 is 4.79 Å². The number of carbonyl (C=O) groups excluding carboxylic acids is 1. The van der Waals surface area contributed by atoms with Gasteiger partial charge in [-0.15, -0.1) is 0 Å². The van der Waals surface area contributed by atoms with E-state index in [1.54, 1.807) is 5.32 Å². The molecule has 82 valence electrons. The van der Waals surface area contributed by atoms with Crippen molar-refractivity contribution in [2.75, 3.05) is 0 Å². The molecule has 0 aromatic rings. The van der Waals surface area contributed by atoms with E-state index in [1.165, 1.54) is 11.8 Å². The van der Waals surface area contributed by atoms with E-state index < -0.39 is 6.03 Å². The van der Waals surface area contributed by atoms with Gasteiger partial charge in [0.2, 0.25) is 0 Å². The summed E-state index contributed by atoms with van der Waals surface area (Å²) in [7, 11) is 2.90. The predicted molar refractivity (Wildman–Crippen MR) is 64.5 cm³/mol. The molecular weight excluding hydrogens is 204 g/mol. The van der Waals surface area contributed by atoms with E-state index in [2.05, 4.69) is 48.6 Å². The Labute approximate surface area is 119 Å². The quantitative estimate of drug-likeness (QED) is 0.499. The fourth-order valence-electron chi connectivity index (χ4n) is 0. The molecule has 4 heteroatoms. The third-order valence-electron chi connectivity index (χ3n) is 0.161. The van der Waals surface area contributed by atoms with Gasteiger partial charge in [-0.05, 0) is 0 Å². The summed E-state index contributed by atoms with van der Waals surface area (Å²) in [5.74, 6) is 2.83. The average molecular weight is 226 g/mol. The van der Waals surface area contributed by atoms with Gasteiger partial charge in [0.25, 0.3) is 0 Å². The minimum Gasteiger partial charge on any atom is -0.602 e. The molecule has 14 heavy (non-hydrogen) atoms. The molecule has 0 unspecified atom stereocenters. The van der Waals surface area contributed by atoms with Crippen LogP contribution in [0.2, 0.25) is 0 Å². The number of hydrogen-bond donors (Lipinski definition) is 1. The fraction of sp³-hybridized carbons (Fsp3) is 0.600. The van der Waals surface area contributed by atoms with Gasteiger partial charge in [0.1, 0.15) is 6.03 Å². The Kier molecular flexibility index (Phi) is 32.8. The number of urea groups is 1. The second kappa shape index (κ2) is 19.2. The Balaban J connectivity index is -0.0000000522. The van der Waals surface area contributed by atoms with Crippen LogP contribution in [-0.2, 0) is 0 Å². The van der Waals surface area contributed by atoms with Gasteiger partial charge < -0.3 is 34.7 Å². The normalized spacial score (nSPS) is 7.50. The van der Waals surface area contributed by atoms with Crippen LogP contribution >= 0.6 is 0 Å². The van der Waals surface area contributed by atoms with Crippen molar-refractivity contribution >= 4 is 43.8 Å². The molecule has 0 aliphatic heterocycles. The van der Waals surface area contributed by atoms with Crippen molar-refractivity contribution in [2.45, 2.75) is 41.5 Å². The second-order valence-electron chi connectivity index (χ2n) is 3.51. The summed E-state index contributed by atoms with van der Waals surface area (Å²) in [6.45, 7) is 12.5. The Morgan fingerprint density at radius 2 is 1.14 bits per heavy atom. The molecule has 0 aromatic heterocycles. The molecule has 0 bridgehead atoms. The standard InChI is InChI=1S/2C4H9.C2H5N2O.Ca/c2*1-4(2)3;1-4-2(3)5;/h2*1-3H3;1H2,(H3,3,4,5);/q3*-1;+2/p-1. The molecule has 0 fully saturated rings. The van der Waals surface area contributed by atoms with Gasteiger partial charge in [0, 0.05) is 0 Å². The van der Waals surface area contributed by atoms with Crippen LogP contribution in [0.5, 0.6) is 0 Å². The maximum absolute atomic E-state index is 9.31. The summed E-state index contributed by atoms with van der Waals surface area (Å²) >= 11 is 0. The van der Waals surface area contributed by atoms with E-state index in [9.17, 15) is 4.79 Å². The molecule has 2 amide bonds. The molecule has 0 rings (SSSR count). The predicted octanol–water partition coefficient (Wildman–Crippen LogP) is 3.40. The molecule has 3 nitrogen and oxygen atoms in total. The SMILES string of the molecule is C[C-](C)C.C[C-](C)C.[CH2-]NC([NH-])=O.[Ca+2]. The van der Waals surface area contributed by atoms with Crippen molar-refractivity contribution in [2.24, 2.45) is 0 Å². The second-order valence-corrected chi connectivity index (χ2v) is 3.51. The Hall–Kier alpha value is 0.530. The smallest absolute Gasteiger partial charge is 0.602 e. The van der Waals surface area contributed by atoms with Crippen LogP contribution in [0, 0.1) is 18.9 Å². The van der Waals surface area contributed by atoms with Gasteiger partial charge >= 0.3 is 37.7 Å². The summed E-state index contributed by atoms with van der Waals surface area (Å²) in [6, 6.07) is -0.856. The van der Waals surface area contributed by atoms with Crippen LogP contribution in [0.1, 0.15) is 41.5 Å². The maximum atomic E-state index is 9.31. The molecule has 0 atom stereocenters. The van der Waals surface area contributed by atoms with Crippen molar-refractivity contribution in [1.82, 2.24) is 5.32 Å². The molecule has 0 spiro atoms. The number of rotatable bonds is 0. The molecular formula is C10H22CaN2O-2. The van der Waals surface area contributed by atoms with Crippen LogP contribution in [-0.4, -0.2) is 43.8 Å². The first-order chi connectivity index (χ1) is 5.73. The van der Waals surface area contributed by atoms with Crippen molar-refractivity contribution in [3.8, 4) is 0 Å². The van der Waals surface area contributed by atoms with Gasteiger partial charge in [-0.25, -0.2) is 0 Å². The first-order valence-electron chi connectivity index (χ1n) is 4.06. The molecule has 0 radical (unpaired) electrons. The van der Waals surface area contributed by atoms with E-state index >= 15 is 0 Å². The van der Waals surface area contributed by atoms with Crippen molar-refractivity contribution in [3.63, 3.8) is 0 Å². The summed E-state index contributed by atoms with van der Waals surface area (Å²) in [6.07, 6.45) is 0. The van der Waals surface area contributed by atoms with E-state index in [4.69, 9.17) is 5.73 Å². The topological polar surface area (TPSA) is 52.9 Å². The van der Waals surface area contributed by atoms with E-state index in [0.29, 0.717) is 0 Å². The van der Waals surface area contributed by atoms with Crippen LogP contribution < -0.4 is 5.32 Å². The summed E-state index contributed by atoms with van der Waals surface area (Å²) in [5.41, 5.74) is 6.01. The molecule has 0 aliphatic carbocycles. The Morgan fingerprint density at radius 1 is 1.07 bits per heavy atom. The largest absolute Gasteiger partial charge is 2.00 e. The van der Waals surface area contributed by atoms with Crippen molar-refractivity contribution in [3.05, 3.63) is 24.6 Å². The first kappa shape index (κ1) is 24.0. The molecule has 0 heterocycles. The summed E-state index contributed by atoms with van der Waals surface area (Å²) in [4.78, 5) is 9.31. The van der Waals surface area contributed by atoms with E-state index in [0.717, 1.165) is 0 Å². The van der Waals surface area contributed by atoms with Crippen LogP contribution in [0.25, 0.3) is 5.73 Å². The Bertz CT molecular complexity index is 94.8. The number of amides is 2. The minimum absolute atomic E-state index is 0.